The van der Waals surface area contributed by atoms with Gasteiger partial charge < -0.3 is 9.84 Å². The lowest BCUT2D eigenvalue weighted by molar-refractivity contribution is -0.139. The number of carboxylic acid groups (broad SMARTS) is 1. The van der Waals surface area contributed by atoms with Crippen LogP contribution >= 0.6 is 0 Å². The van der Waals surface area contributed by atoms with Crippen molar-refractivity contribution in [1.82, 2.24) is 4.72 Å². The van der Waals surface area contributed by atoms with Crippen molar-refractivity contribution in [1.29, 1.82) is 0 Å². The lowest BCUT2D eigenvalue weighted by Crippen LogP contribution is -2.40. The van der Waals surface area contributed by atoms with Gasteiger partial charge in [0.2, 0.25) is 10.0 Å². The topological polar surface area (TPSA) is 92.7 Å². The molecule has 0 unspecified atom stereocenters. The van der Waals surface area contributed by atoms with Gasteiger partial charge >= 0.3 is 5.97 Å². The van der Waals surface area contributed by atoms with E-state index >= 15 is 0 Å². The SMILES string of the molecule is CC[C@@H](NS(=O)(=O)c1ccc(OC)c(C)c1)C(=O)O. The smallest absolute Gasteiger partial charge is 0.321 e. The quantitative estimate of drug-likeness (QED) is 0.818. The van der Waals surface area contributed by atoms with Crippen LogP contribution in [0, 0.1) is 6.92 Å². The molecule has 6 nitrogen and oxygen atoms in total. The van der Waals surface area contributed by atoms with Gasteiger partial charge in [-0.05, 0) is 37.1 Å². The average molecular weight is 287 g/mol. The van der Waals surface area contributed by atoms with Gasteiger partial charge in [0.25, 0.3) is 0 Å². The second-order valence-electron chi connectivity index (χ2n) is 4.05. The Morgan fingerprint density at radius 2 is 2.11 bits per heavy atom. The van der Waals surface area contributed by atoms with E-state index in [0.29, 0.717) is 11.3 Å². The van der Waals surface area contributed by atoms with Gasteiger partial charge in [0, 0.05) is 0 Å². The Morgan fingerprint density at radius 3 is 2.53 bits per heavy atom. The number of carbonyl (C=O) groups is 1. The zero-order chi connectivity index (χ0) is 14.6. The summed E-state index contributed by atoms with van der Waals surface area (Å²) in [5.74, 6) is -0.625. The fourth-order valence-corrected chi connectivity index (χ4v) is 2.94. The second-order valence-corrected chi connectivity index (χ2v) is 5.77. The molecule has 1 atom stereocenters. The first-order valence-corrected chi connectivity index (χ1v) is 7.20. The molecule has 7 heteroatoms. The predicted molar refractivity (Wildman–Crippen MR) is 69.8 cm³/mol. The lowest BCUT2D eigenvalue weighted by Gasteiger charge is -2.13. The number of rotatable bonds is 6. The van der Waals surface area contributed by atoms with Crippen LogP contribution in [-0.4, -0.2) is 32.6 Å². The van der Waals surface area contributed by atoms with Gasteiger partial charge in [-0.3, -0.25) is 4.79 Å². The maximum Gasteiger partial charge on any atom is 0.321 e. The van der Waals surface area contributed by atoms with Crippen LogP contribution in [0.4, 0.5) is 0 Å². The van der Waals surface area contributed by atoms with Crippen molar-refractivity contribution in [2.45, 2.75) is 31.2 Å². The van der Waals surface area contributed by atoms with E-state index < -0.39 is 22.0 Å². The third-order valence-electron chi connectivity index (χ3n) is 2.68. The normalized spacial score (nSPS) is 13.0. The number of nitrogens with one attached hydrogen (secondary N) is 1. The third-order valence-corrected chi connectivity index (χ3v) is 4.15. The number of ether oxygens (including phenoxy) is 1. The maximum absolute atomic E-state index is 12.0. The van der Waals surface area contributed by atoms with Crippen molar-refractivity contribution in [3.63, 3.8) is 0 Å². The summed E-state index contributed by atoms with van der Waals surface area (Å²) in [6.45, 7) is 3.31. The molecule has 0 bridgehead atoms. The van der Waals surface area contributed by atoms with Crippen molar-refractivity contribution in [2.24, 2.45) is 0 Å². The maximum atomic E-state index is 12.0. The monoisotopic (exact) mass is 287 g/mol. The van der Waals surface area contributed by atoms with Crippen molar-refractivity contribution in [3.8, 4) is 5.75 Å². The van der Waals surface area contributed by atoms with Crippen molar-refractivity contribution < 1.29 is 23.1 Å². The summed E-state index contributed by atoms with van der Waals surface area (Å²) in [6, 6.07) is 3.22. The number of aliphatic carboxylic acids is 1. The van der Waals surface area contributed by atoms with Crippen LogP contribution in [0.5, 0.6) is 5.75 Å². The highest BCUT2D eigenvalue weighted by atomic mass is 32.2. The molecule has 0 aliphatic carbocycles. The van der Waals surface area contributed by atoms with E-state index in [4.69, 9.17) is 9.84 Å². The van der Waals surface area contributed by atoms with Crippen molar-refractivity contribution >= 4 is 16.0 Å². The van der Waals surface area contributed by atoms with E-state index in [1.807, 2.05) is 0 Å². The molecular formula is C12H17NO5S. The number of benzene rings is 1. The van der Waals surface area contributed by atoms with E-state index in [-0.39, 0.29) is 11.3 Å². The summed E-state index contributed by atoms with van der Waals surface area (Å²) >= 11 is 0. The van der Waals surface area contributed by atoms with Gasteiger partial charge in [-0.2, -0.15) is 4.72 Å². The Morgan fingerprint density at radius 1 is 1.47 bits per heavy atom. The number of hydrogen-bond acceptors (Lipinski definition) is 4. The summed E-state index contributed by atoms with van der Waals surface area (Å²) < 4.78 is 31.3. The fraction of sp³-hybridized carbons (Fsp3) is 0.417. The Hall–Kier alpha value is -1.60. The Labute approximate surface area is 112 Å². The van der Waals surface area contributed by atoms with Crippen LogP contribution in [-0.2, 0) is 14.8 Å². The van der Waals surface area contributed by atoms with Gasteiger partial charge in [-0.1, -0.05) is 6.92 Å². The fourth-order valence-electron chi connectivity index (χ4n) is 1.58. The van der Waals surface area contributed by atoms with Crippen LogP contribution in [0.3, 0.4) is 0 Å². The molecule has 0 saturated carbocycles. The molecular weight excluding hydrogens is 270 g/mol. The molecule has 0 amide bonds. The Bertz CT molecular complexity index is 567. The van der Waals surface area contributed by atoms with Crippen molar-refractivity contribution in [2.75, 3.05) is 7.11 Å². The minimum absolute atomic E-state index is 0.0190. The molecule has 0 saturated heterocycles. The minimum Gasteiger partial charge on any atom is -0.496 e. The van der Waals surface area contributed by atoms with Gasteiger partial charge in [-0.15, -0.1) is 0 Å². The number of hydrogen-bond donors (Lipinski definition) is 2. The van der Waals surface area contributed by atoms with E-state index in [9.17, 15) is 13.2 Å². The zero-order valence-electron chi connectivity index (χ0n) is 11.0. The van der Waals surface area contributed by atoms with Crippen LogP contribution in [0.1, 0.15) is 18.9 Å². The first kappa shape index (κ1) is 15.5. The molecule has 106 valence electrons. The first-order chi connectivity index (χ1) is 8.81. The minimum atomic E-state index is -3.85. The molecule has 0 heterocycles. The average Bonchev–Trinajstić information content (AvgIpc) is 2.35. The van der Waals surface area contributed by atoms with Gasteiger partial charge in [0.15, 0.2) is 0 Å². The summed E-state index contributed by atoms with van der Waals surface area (Å²) in [5.41, 5.74) is 0.661. The first-order valence-electron chi connectivity index (χ1n) is 5.71. The lowest BCUT2D eigenvalue weighted by atomic mass is 10.2. The molecule has 19 heavy (non-hydrogen) atoms. The Balaban J connectivity index is 3.07. The molecule has 1 aromatic rings. The molecule has 0 aliphatic rings. The van der Waals surface area contributed by atoms with Crippen LogP contribution in [0.25, 0.3) is 0 Å². The largest absolute Gasteiger partial charge is 0.496 e. The number of methoxy groups -OCH3 is 1. The van der Waals surface area contributed by atoms with Gasteiger partial charge in [0.05, 0.1) is 12.0 Å². The van der Waals surface area contributed by atoms with Crippen LogP contribution < -0.4 is 9.46 Å². The molecule has 0 fully saturated rings. The molecule has 0 radical (unpaired) electrons. The molecule has 2 N–H and O–H groups in total. The number of sulfonamides is 1. The third kappa shape index (κ3) is 3.68. The highest BCUT2D eigenvalue weighted by Gasteiger charge is 2.24. The zero-order valence-corrected chi connectivity index (χ0v) is 11.8. The number of aryl methyl sites for hydroxylation is 1. The molecule has 0 aliphatic heterocycles. The van der Waals surface area contributed by atoms with E-state index in [0.717, 1.165) is 0 Å². The van der Waals surface area contributed by atoms with E-state index in [2.05, 4.69) is 4.72 Å². The molecule has 1 aromatic carbocycles. The van der Waals surface area contributed by atoms with Gasteiger partial charge in [-0.25, -0.2) is 8.42 Å². The second kappa shape index (κ2) is 6.03. The Kier molecular flexibility index (Phi) is 4.90. The summed E-state index contributed by atoms with van der Waals surface area (Å²) in [4.78, 5) is 10.9. The summed E-state index contributed by atoms with van der Waals surface area (Å²) in [5, 5.41) is 8.87. The van der Waals surface area contributed by atoms with Gasteiger partial charge in [0.1, 0.15) is 11.8 Å². The molecule has 0 spiro atoms. The molecule has 1 rings (SSSR count). The number of carboxylic acids is 1. The van der Waals surface area contributed by atoms with E-state index in [1.54, 1.807) is 13.8 Å². The summed E-state index contributed by atoms with van der Waals surface area (Å²) in [6.07, 6.45) is 0.170. The predicted octanol–water partition coefficient (Wildman–Crippen LogP) is 1.15. The standard InChI is InChI=1S/C12H17NO5S/c1-4-10(12(14)15)13-19(16,17)9-5-6-11(18-3)8(2)7-9/h5-7,10,13H,4H2,1-3H3,(H,14,15)/t10-/m1/s1. The highest BCUT2D eigenvalue weighted by molar-refractivity contribution is 7.89. The van der Waals surface area contributed by atoms with Crippen LogP contribution in [0.2, 0.25) is 0 Å². The summed E-state index contributed by atoms with van der Waals surface area (Å²) in [7, 11) is -2.36. The molecule has 0 aromatic heterocycles. The highest BCUT2D eigenvalue weighted by Crippen LogP contribution is 2.21. The van der Waals surface area contributed by atoms with E-state index in [1.165, 1.54) is 25.3 Å². The van der Waals surface area contributed by atoms with Crippen molar-refractivity contribution in [3.05, 3.63) is 23.8 Å². The van der Waals surface area contributed by atoms with Crippen LogP contribution in [0.15, 0.2) is 23.1 Å².